The Labute approximate surface area is 160 Å². The van der Waals surface area contributed by atoms with Gasteiger partial charge in [0.15, 0.2) is 0 Å². The summed E-state index contributed by atoms with van der Waals surface area (Å²) in [6.45, 7) is 4.69. The molecule has 0 fully saturated rings. The number of amides is 1. The molecule has 0 radical (unpaired) electrons. The first kappa shape index (κ1) is 17.8. The second-order valence-electron chi connectivity index (χ2n) is 7.51. The number of imidazole rings is 1. The van der Waals surface area contributed by atoms with Gasteiger partial charge in [-0.25, -0.2) is 4.98 Å². The standard InChI is InChI=1S/C23H27N3O/c1-3-4-5-14-22-24-19-11-7-9-13-21(19)25(22)16-23(27)26-17(2)15-18-10-6-8-12-20(18)26/h6-13,17H,3-5,14-16H2,1-2H3. The number of para-hydroxylation sites is 3. The summed E-state index contributed by atoms with van der Waals surface area (Å²) in [6, 6.07) is 16.6. The van der Waals surface area contributed by atoms with Crippen LogP contribution < -0.4 is 4.90 Å². The molecule has 0 saturated heterocycles. The molecule has 1 unspecified atom stereocenters. The zero-order valence-electron chi connectivity index (χ0n) is 16.2. The number of benzene rings is 2. The number of nitrogens with zero attached hydrogens (tertiary/aromatic N) is 3. The monoisotopic (exact) mass is 361 g/mol. The van der Waals surface area contributed by atoms with E-state index in [4.69, 9.17) is 4.98 Å². The Bertz CT molecular complexity index is 959. The minimum absolute atomic E-state index is 0.146. The highest BCUT2D eigenvalue weighted by atomic mass is 16.2. The molecule has 0 bridgehead atoms. The van der Waals surface area contributed by atoms with E-state index in [0.29, 0.717) is 6.54 Å². The molecule has 0 spiro atoms. The quantitative estimate of drug-likeness (QED) is 0.594. The van der Waals surface area contributed by atoms with Crippen molar-refractivity contribution in [3.63, 3.8) is 0 Å². The van der Waals surface area contributed by atoms with Gasteiger partial charge in [-0.3, -0.25) is 4.79 Å². The third-order valence-corrected chi connectivity index (χ3v) is 5.51. The maximum Gasteiger partial charge on any atom is 0.247 e. The molecule has 4 heteroatoms. The van der Waals surface area contributed by atoms with Crippen LogP contribution in [0.4, 0.5) is 5.69 Å². The van der Waals surface area contributed by atoms with E-state index < -0.39 is 0 Å². The van der Waals surface area contributed by atoms with Crippen LogP contribution in [-0.4, -0.2) is 21.5 Å². The maximum atomic E-state index is 13.3. The molecular weight excluding hydrogens is 334 g/mol. The van der Waals surface area contributed by atoms with Crippen LogP contribution in [0.5, 0.6) is 0 Å². The molecule has 0 saturated carbocycles. The van der Waals surface area contributed by atoms with E-state index in [-0.39, 0.29) is 11.9 Å². The number of hydrogen-bond donors (Lipinski definition) is 0. The highest BCUT2D eigenvalue weighted by molar-refractivity contribution is 5.96. The van der Waals surface area contributed by atoms with Crippen molar-refractivity contribution in [3.05, 3.63) is 59.9 Å². The molecule has 1 aliphatic rings. The number of carbonyl (C=O) groups is 1. The molecule has 4 nitrogen and oxygen atoms in total. The fourth-order valence-electron chi connectivity index (χ4n) is 4.18. The lowest BCUT2D eigenvalue weighted by atomic mass is 10.1. The van der Waals surface area contributed by atoms with Crippen LogP contribution in [0, 0.1) is 0 Å². The molecule has 0 aliphatic carbocycles. The number of hydrogen-bond acceptors (Lipinski definition) is 2. The van der Waals surface area contributed by atoms with Crippen LogP contribution in [-0.2, 0) is 24.2 Å². The van der Waals surface area contributed by atoms with E-state index in [1.807, 2.05) is 29.2 Å². The van der Waals surface area contributed by atoms with Crippen molar-refractivity contribution >= 4 is 22.6 Å². The van der Waals surface area contributed by atoms with Gasteiger partial charge in [0.25, 0.3) is 0 Å². The molecule has 1 atom stereocenters. The molecule has 0 N–H and O–H groups in total. The zero-order chi connectivity index (χ0) is 18.8. The number of anilines is 1. The number of carbonyl (C=O) groups excluding carboxylic acids is 1. The van der Waals surface area contributed by atoms with E-state index >= 15 is 0 Å². The highest BCUT2D eigenvalue weighted by Crippen LogP contribution is 2.32. The summed E-state index contributed by atoms with van der Waals surface area (Å²) >= 11 is 0. The predicted molar refractivity (Wildman–Crippen MR) is 110 cm³/mol. The average molecular weight is 361 g/mol. The van der Waals surface area contributed by atoms with Gasteiger partial charge in [0, 0.05) is 18.2 Å². The van der Waals surface area contributed by atoms with Crippen LogP contribution >= 0.6 is 0 Å². The number of aromatic nitrogens is 2. The molecule has 2 aromatic carbocycles. The summed E-state index contributed by atoms with van der Waals surface area (Å²) in [4.78, 5) is 20.1. The second-order valence-corrected chi connectivity index (χ2v) is 7.51. The number of unbranched alkanes of at least 4 members (excludes halogenated alkanes) is 2. The maximum absolute atomic E-state index is 13.3. The van der Waals surface area contributed by atoms with Gasteiger partial charge in [-0.1, -0.05) is 50.1 Å². The van der Waals surface area contributed by atoms with Crippen molar-refractivity contribution in [2.75, 3.05) is 4.90 Å². The Balaban J connectivity index is 1.64. The third kappa shape index (κ3) is 3.36. The SMILES string of the molecule is CCCCCc1nc2ccccc2n1CC(=O)N1c2ccccc2CC1C. The second kappa shape index (κ2) is 7.55. The Hall–Kier alpha value is -2.62. The van der Waals surface area contributed by atoms with Gasteiger partial charge in [0.05, 0.1) is 11.0 Å². The molecule has 3 aromatic rings. The summed E-state index contributed by atoms with van der Waals surface area (Å²) in [5, 5.41) is 0. The van der Waals surface area contributed by atoms with Gasteiger partial charge in [-0.15, -0.1) is 0 Å². The topological polar surface area (TPSA) is 38.1 Å². The van der Waals surface area contributed by atoms with Crippen LogP contribution in [0.15, 0.2) is 48.5 Å². The summed E-state index contributed by atoms with van der Waals surface area (Å²) in [5.41, 5.74) is 4.35. The van der Waals surface area contributed by atoms with Gasteiger partial charge in [-0.05, 0) is 43.5 Å². The van der Waals surface area contributed by atoms with E-state index in [9.17, 15) is 4.79 Å². The fourth-order valence-corrected chi connectivity index (χ4v) is 4.18. The summed E-state index contributed by atoms with van der Waals surface area (Å²) < 4.78 is 2.13. The van der Waals surface area contributed by atoms with Gasteiger partial charge < -0.3 is 9.47 Å². The van der Waals surface area contributed by atoms with Crippen molar-refractivity contribution in [3.8, 4) is 0 Å². The lowest BCUT2D eigenvalue weighted by molar-refractivity contribution is -0.119. The van der Waals surface area contributed by atoms with E-state index in [1.54, 1.807) is 0 Å². The van der Waals surface area contributed by atoms with Crippen molar-refractivity contribution < 1.29 is 4.79 Å². The molecule has 140 valence electrons. The van der Waals surface area contributed by atoms with Crippen molar-refractivity contribution in [2.24, 2.45) is 0 Å². The summed E-state index contributed by atoms with van der Waals surface area (Å²) in [7, 11) is 0. The van der Waals surface area contributed by atoms with Crippen LogP contribution in [0.2, 0.25) is 0 Å². The molecule has 2 heterocycles. The van der Waals surface area contributed by atoms with E-state index in [2.05, 4.69) is 42.7 Å². The van der Waals surface area contributed by atoms with E-state index in [1.165, 1.54) is 18.4 Å². The van der Waals surface area contributed by atoms with Crippen LogP contribution in [0.3, 0.4) is 0 Å². The lowest BCUT2D eigenvalue weighted by Gasteiger charge is -2.23. The Morgan fingerprint density at radius 3 is 2.74 bits per heavy atom. The first-order valence-corrected chi connectivity index (χ1v) is 10.0. The fraction of sp³-hybridized carbons (Fsp3) is 0.391. The Morgan fingerprint density at radius 1 is 1.11 bits per heavy atom. The normalized spacial score (nSPS) is 16.1. The number of aryl methyl sites for hydroxylation is 1. The smallest absolute Gasteiger partial charge is 0.247 e. The first-order chi connectivity index (χ1) is 13.2. The largest absolute Gasteiger partial charge is 0.318 e. The number of rotatable bonds is 6. The molecule has 27 heavy (non-hydrogen) atoms. The van der Waals surface area contributed by atoms with Gasteiger partial charge in [0.1, 0.15) is 12.4 Å². The molecular formula is C23H27N3O. The van der Waals surface area contributed by atoms with Gasteiger partial charge in [0.2, 0.25) is 5.91 Å². The van der Waals surface area contributed by atoms with Crippen molar-refractivity contribution in [1.82, 2.24) is 9.55 Å². The van der Waals surface area contributed by atoms with Crippen molar-refractivity contribution in [2.45, 2.75) is 58.5 Å². The Kier molecular flexibility index (Phi) is 4.97. The van der Waals surface area contributed by atoms with Crippen LogP contribution in [0.1, 0.15) is 44.5 Å². The molecule has 1 amide bonds. The first-order valence-electron chi connectivity index (χ1n) is 10.0. The molecule has 1 aliphatic heterocycles. The molecule has 4 rings (SSSR count). The molecule has 1 aromatic heterocycles. The minimum Gasteiger partial charge on any atom is -0.318 e. The third-order valence-electron chi connectivity index (χ3n) is 5.51. The van der Waals surface area contributed by atoms with E-state index in [0.717, 1.165) is 41.8 Å². The summed E-state index contributed by atoms with van der Waals surface area (Å²) in [5.74, 6) is 1.17. The predicted octanol–water partition coefficient (Wildman–Crippen LogP) is 4.75. The Morgan fingerprint density at radius 2 is 1.89 bits per heavy atom. The van der Waals surface area contributed by atoms with Crippen molar-refractivity contribution in [1.29, 1.82) is 0 Å². The van der Waals surface area contributed by atoms with Gasteiger partial charge in [-0.2, -0.15) is 0 Å². The number of fused-ring (bicyclic) bond motifs is 2. The highest BCUT2D eigenvalue weighted by Gasteiger charge is 2.31. The minimum atomic E-state index is 0.146. The lowest BCUT2D eigenvalue weighted by Crippen LogP contribution is -2.38. The van der Waals surface area contributed by atoms with Gasteiger partial charge >= 0.3 is 0 Å². The average Bonchev–Trinajstić information content (AvgIpc) is 3.19. The zero-order valence-corrected chi connectivity index (χ0v) is 16.2. The van der Waals surface area contributed by atoms with Crippen LogP contribution in [0.25, 0.3) is 11.0 Å². The summed E-state index contributed by atoms with van der Waals surface area (Å²) in [6.07, 6.45) is 5.32.